The summed E-state index contributed by atoms with van der Waals surface area (Å²) in [6, 6.07) is 7.96. The second-order valence-electron chi connectivity index (χ2n) is 5.21. The fourth-order valence-corrected chi connectivity index (χ4v) is 1.84. The van der Waals surface area contributed by atoms with Crippen molar-refractivity contribution in [3.63, 3.8) is 0 Å². The van der Waals surface area contributed by atoms with E-state index in [1.165, 1.54) is 0 Å². The molecule has 1 N–H and O–H groups in total. The summed E-state index contributed by atoms with van der Waals surface area (Å²) in [6.45, 7) is 6.10. The maximum atomic E-state index is 10.3. The molecule has 2 aromatic rings. The number of aliphatic hydroxyl groups is 1. The third-order valence-electron chi connectivity index (χ3n) is 2.83. The van der Waals surface area contributed by atoms with Crippen molar-refractivity contribution in [3.8, 4) is 0 Å². The van der Waals surface area contributed by atoms with Gasteiger partial charge in [-0.3, -0.25) is 4.98 Å². The first kappa shape index (κ1) is 11.1. The molecule has 1 heterocycles. The molecule has 0 aliphatic heterocycles. The van der Waals surface area contributed by atoms with E-state index in [0.717, 1.165) is 16.3 Å². The minimum Gasteiger partial charge on any atom is -0.388 e. The first-order valence-corrected chi connectivity index (χ1v) is 5.51. The standard InChI is InChI=1S/C14H17NO/c1-14(2,3)13(16)11-6-4-5-10-7-8-15-9-12(10)11/h4-9,13,16H,1-3H3. The molecule has 2 rings (SSSR count). The fraction of sp³-hybridized carbons (Fsp3) is 0.357. The average molecular weight is 215 g/mol. The number of nitrogens with zero attached hydrogens (tertiary/aromatic N) is 1. The summed E-state index contributed by atoms with van der Waals surface area (Å²) >= 11 is 0. The second kappa shape index (κ2) is 3.87. The van der Waals surface area contributed by atoms with Crippen molar-refractivity contribution in [2.75, 3.05) is 0 Å². The van der Waals surface area contributed by atoms with Crippen molar-refractivity contribution in [2.24, 2.45) is 5.41 Å². The molecule has 1 unspecified atom stereocenters. The summed E-state index contributed by atoms with van der Waals surface area (Å²) in [5, 5.41) is 12.5. The van der Waals surface area contributed by atoms with E-state index in [-0.39, 0.29) is 5.41 Å². The van der Waals surface area contributed by atoms with Crippen LogP contribution in [-0.4, -0.2) is 10.1 Å². The molecule has 2 nitrogen and oxygen atoms in total. The third kappa shape index (κ3) is 1.93. The van der Waals surface area contributed by atoms with Crippen molar-refractivity contribution in [2.45, 2.75) is 26.9 Å². The zero-order valence-corrected chi connectivity index (χ0v) is 9.94. The van der Waals surface area contributed by atoms with Gasteiger partial charge in [-0.2, -0.15) is 0 Å². The lowest BCUT2D eigenvalue weighted by Gasteiger charge is -2.27. The van der Waals surface area contributed by atoms with Crippen LogP contribution in [0.1, 0.15) is 32.4 Å². The van der Waals surface area contributed by atoms with Crippen LogP contribution < -0.4 is 0 Å². The molecule has 0 saturated heterocycles. The summed E-state index contributed by atoms with van der Waals surface area (Å²) in [5.74, 6) is 0. The van der Waals surface area contributed by atoms with E-state index in [4.69, 9.17) is 0 Å². The highest BCUT2D eigenvalue weighted by Gasteiger charge is 2.25. The van der Waals surface area contributed by atoms with Crippen LogP contribution in [0.25, 0.3) is 10.8 Å². The van der Waals surface area contributed by atoms with Gasteiger partial charge in [0, 0.05) is 17.8 Å². The largest absolute Gasteiger partial charge is 0.388 e. The number of hydrogen-bond donors (Lipinski definition) is 1. The number of rotatable bonds is 1. The van der Waals surface area contributed by atoms with Gasteiger partial charge in [0.25, 0.3) is 0 Å². The van der Waals surface area contributed by atoms with Gasteiger partial charge in [0.05, 0.1) is 6.10 Å². The molecule has 0 amide bonds. The lowest BCUT2D eigenvalue weighted by atomic mass is 9.83. The first-order chi connectivity index (χ1) is 7.50. The van der Waals surface area contributed by atoms with Crippen LogP contribution in [0.2, 0.25) is 0 Å². The molecule has 0 aliphatic carbocycles. The van der Waals surface area contributed by atoms with Crippen molar-refractivity contribution in [3.05, 3.63) is 42.2 Å². The molecule has 0 radical (unpaired) electrons. The zero-order valence-electron chi connectivity index (χ0n) is 9.94. The van der Waals surface area contributed by atoms with Crippen LogP contribution in [0, 0.1) is 5.41 Å². The van der Waals surface area contributed by atoms with E-state index >= 15 is 0 Å². The van der Waals surface area contributed by atoms with E-state index in [1.54, 1.807) is 6.20 Å². The maximum absolute atomic E-state index is 10.3. The van der Waals surface area contributed by atoms with Gasteiger partial charge < -0.3 is 5.11 Å². The van der Waals surface area contributed by atoms with Gasteiger partial charge in [0.15, 0.2) is 0 Å². The first-order valence-electron chi connectivity index (χ1n) is 5.51. The number of fused-ring (bicyclic) bond motifs is 1. The fourth-order valence-electron chi connectivity index (χ4n) is 1.84. The topological polar surface area (TPSA) is 33.1 Å². The van der Waals surface area contributed by atoms with E-state index in [9.17, 15) is 5.11 Å². The molecule has 0 bridgehead atoms. The molecule has 16 heavy (non-hydrogen) atoms. The van der Waals surface area contributed by atoms with E-state index in [0.29, 0.717) is 0 Å². The molecular weight excluding hydrogens is 198 g/mol. The molecule has 0 spiro atoms. The lowest BCUT2D eigenvalue weighted by Crippen LogP contribution is -2.18. The maximum Gasteiger partial charge on any atom is 0.0844 e. The highest BCUT2D eigenvalue weighted by Crippen LogP contribution is 2.35. The van der Waals surface area contributed by atoms with Gasteiger partial charge in [0.2, 0.25) is 0 Å². The predicted molar refractivity (Wildman–Crippen MR) is 66.2 cm³/mol. The number of aliphatic hydroxyl groups excluding tert-OH is 1. The van der Waals surface area contributed by atoms with Crippen molar-refractivity contribution < 1.29 is 5.11 Å². The number of pyridine rings is 1. The van der Waals surface area contributed by atoms with Gasteiger partial charge in [-0.05, 0) is 22.4 Å². The summed E-state index contributed by atoms with van der Waals surface area (Å²) in [7, 11) is 0. The minimum atomic E-state index is -0.472. The number of aromatic nitrogens is 1. The summed E-state index contributed by atoms with van der Waals surface area (Å²) in [6.07, 6.45) is 3.12. The molecular formula is C14H17NO. The van der Waals surface area contributed by atoms with Crippen LogP contribution in [0.15, 0.2) is 36.7 Å². The smallest absolute Gasteiger partial charge is 0.0844 e. The Kier molecular flexibility index (Phi) is 2.68. The Hall–Kier alpha value is -1.41. The molecule has 1 atom stereocenters. The zero-order chi connectivity index (χ0) is 11.8. The van der Waals surface area contributed by atoms with Gasteiger partial charge >= 0.3 is 0 Å². The van der Waals surface area contributed by atoms with Crippen LogP contribution in [0.5, 0.6) is 0 Å². The summed E-state index contributed by atoms with van der Waals surface area (Å²) in [4.78, 5) is 4.13. The van der Waals surface area contributed by atoms with Gasteiger partial charge in [-0.25, -0.2) is 0 Å². The Bertz CT molecular complexity index is 494. The van der Waals surface area contributed by atoms with Crippen LogP contribution in [0.4, 0.5) is 0 Å². The second-order valence-corrected chi connectivity index (χ2v) is 5.21. The van der Waals surface area contributed by atoms with Crippen molar-refractivity contribution in [1.29, 1.82) is 0 Å². The van der Waals surface area contributed by atoms with Crippen molar-refractivity contribution >= 4 is 10.8 Å². The Morgan fingerprint density at radius 1 is 1.19 bits per heavy atom. The van der Waals surface area contributed by atoms with Gasteiger partial charge in [0.1, 0.15) is 0 Å². The molecule has 2 heteroatoms. The lowest BCUT2D eigenvalue weighted by molar-refractivity contribution is 0.0639. The van der Waals surface area contributed by atoms with Gasteiger partial charge in [-0.15, -0.1) is 0 Å². The predicted octanol–water partition coefficient (Wildman–Crippen LogP) is 3.31. The SMILES string of the molecule is CC(C)(C)C(O)c1cccc2ccncc12. The third-order valence-corrected chi connectivity index (χ3v) is 2.83. The average Bonchev–Trinajstić information content (AvgIpc) is 2.26. The van der Waals surface area contributed by atoms with Crippen LogP contribution >= 0.6 is 0 Å². The molecule has 0 saturated carbocycles. The van der Waals surface area contributed by atoms with E-state index < -0.39 is 6.10 Å². The molecule has 0 aliphatic rings. The Morgan fingerprint density at radius 3 is 2.62 bits per heavy atom. The highest BCUT2D eigenvalue weighted by molar-refractivity contribution is 5.85. The molecule has 84 valence electrons. The summed E-state index contributed by atoms with van der Waals surface area (Å²) < 4.78 is 0. The van der Waals surface area contributed by atoms with Gasteiger partial charge in [-0.1, -0.05) is 39.0 Å². The summed E-state index contributed by atoms with van der Waals surface area (Å²) in [5.41, 5.74) is 0.794. The van der Waals surface area contributed by atoms with Crippen molar-refractivity contribution in [1.82, 2.24) is 4.98 Å². The monoisotopic (exact) mass is 215 g/mol. The van der Waals surface area contributed by atoms with Crippen LogP contribution in [0.3, 0.4) is 0 Å². The molecule has 1 aromatic carbocycles. The van der Waals surface area contributed by atoms with Crippen LogP contribution in [-0.2, 0) is 0 Å². The number of benzene rings is 1. The Labute approximate surface area is 96.0 Å². The minimum absolute atomic E-state index is 0.163. The number of hydrogen-bond acceptors (Lipinski definition) is 2. The molecule has 0 fully saturated rings. The highest BCUT2D eigenvalue weighted by atomic mass is 16.3. The quantitative estimate of drug-likeness (QED) is 0.791. The van der Waals surface area contributed by atoms with E-state index in [2.05, 4.69) is 4.98 Å². The van der Waals surface area contributed by atoms with E-state index in [1.807, 2.05) is 51.2 Å². The molecule has 1 aromatic heterocycles. The Balaban J connectivity index is 2.61. The normalized spacial score (nSPS) is 14.0. The Morgan fingerprint density at radius 2 is 1.94 bits per heavy atom.